The molecule has 0 amide bonds. The molecule has 1 nitrogen and oxygen atoms in total. The van der Waals surface area contributed by atoms with Crippen molar-refractivity contribution in [2.45, 2.75) is 19.9 Å². The smallest absolute Gasteiger partial charge is 0.0500 e. The second-order valence-electron chi connectivity index (χ2n) is 6.85. The molecule has 0 radical (unpaired) electrons. The molecule has 4 aromatic rings. The summed E-state index contributed by atoms with van der Waals surface area (Å²) < 4.78 is 2.44. The highest BCUT2D eigenvalue weighted by Gasteiger charge is 2.17. The topological polar surface area (TPSA) is 4.93 Å². The number of para-hydroxylation sites is 1. The van der Waals surface area contributed by atoms with E-state index in [1.807, 2.05) is 0 Å². The Morgan fingerprint density at radius 3 is 2.00 bits per heavy atom. The van der Waals surface area contributed by atoms with Crippen molar-refractivity contribution >= 4 is 23.1 Å². The van der Waals surface area contributed by atoms with Gasteiger partial charge in [-0.25, -0.2) is 0 Å². The zero-order chi connectivity index (χ0) is 17.9. The molecule has 26 heavy (non-hydrogen) atoms. The van der Waals surface area contributed by atoms with Crippen LogP contribution in [0, 0.1) is 0 Å². The molecular weight excluding hydrogens is 314 g/mol. The number of hydrogen-bond donors (Lipinski definition) is 0. The molecule has 4 rings (SSSR count). The van der Waals surface area contributed by atoms with Gasteiger partial charge in [0.2, 0.25) is 0 Å². The van der Waals surface area contributed by atoms with Gasteiger partial charge in [-0.1, -0.05) is 84.9 Å². The first-order valence-electron chi connectivity index (χ1n) is 9.17. The van der Waals surface area contributed by atoms with Crippen LogP contribution in [0.1, 0.15) is 31.1 Å². The zero-order valence-corrected chi connectivity index (χ0v) is 15.3. The fourth-order valence-corrected chi connectivity index (χ4v) is 3.65. The summed E-state index contributed by atoms with van der Waals surface area (Å²) in [4.78, 5) is 0. The minimum absolute atomic E-state index is 0.382. The second kappa shape index (κ2) is 7.05. The van der Waals surface area contributed by atoms with Gasteiger partial charge in [0.1, 0.15) is 0 Å². The van der Waals surface area contributed by atoms with Gasteiger partial charge in [-0.2, -0.15) is 0 Å². The van der Waals surface area contributed by atoms with Crippen LogP contribution in [0.2, 0.25) is 0 Å². The van der Waals surface area contributed by atoms with E-state index in [0.29, 0.717) is 6.04 Å². The van der Waals surface area contributed by atoms with Crippen molar-refractivity contribution in [1.82, 2.24) is 4.57 Å². The van der Waals surface area contributed by atoms with E-state index in [4.69, 9.17) is 0 Å². The number of aromatic nitrogens is 1. The summed E-state index contributed by atoms with van der Waals surface area (Å²) in [6.45, 7) is 4.50. The van der Waals surface area contributed by atoms with Crippen molar-refractivity contribution < 1.29 is 0 Å². The molecule has 128 valence electrons. The van der Waals surface area contributed by atoms with Gasteiger partial charge in [-0.15, -0.1) is 0 Å². The lowest BCUT2D eigenvalue weighted by atomic mass is 10.0. The fourth-order valence-electron chi connectivity index (χ4n) is 3.65. The Kier molecular flexibility index (Phi) is 4.45. The van der Waals surface area contributed by atoms with Crippen molar-refractivity contribution in [2.24, 2.45) is 0 Å². The highest BCUT2D eigenvalue weighted by molar-refractivity contribution is 6.01. The molecule has 0 bridgehead atoms. The lowest BCUT2D eigenvalue weighted by molar-refractivity contribution is 0.619. The maximum atomic E-state index is 2.44. The van der Waals surface area contributed by atoms with Crippen molar-refractivity contribution in [3.05, 3.63) is 96.2 Å². The van der Waals surface area contributed by atoms with Crippen LogP contribution in [0.25, 0.3) is 34.2 Å². The van der Waals surface area contributed by atoms with Gasteiger partial charge in [0.25, 0.3) is 0 Å². The Hall–Kier alpha value is -3.06. The van der Waals surface area contributed by atoms with Crippen molar-refractivity contribution in [1.29, 1.82) is 0 Å². The maximum Gasteiger partial charge on any atom is 0.0500 e. The van der Waals surface area contributed by atoms with Gasteiger partial charge in [0.15, 0.2) is 0 Å². The van der Waals surface area contributed by atoms with Crippen LogP contribution in [-0.4, -0.2) is 4.57 Å². The van der Waals surface area contributed by atoms with E-state index in [9.17, 15) is 0 Å². The Bertz CT molecular complexity index is 1040. The molecule has 0 saturated carbocycles. The van der Waals surface area contributed by atoms with Crippen LogP contribution in [0.4, 0.5) is 0 Å². The Balaban J connectivity index is 2.00. The normalized spacial score (nSPS) is 11.7. The lowest BCUT2D eigenvalue weighted by Gasteiger charge is -2.13. The molecule has 0 fully saturated rings. The molecule has 0 saturated heterocycles. The number of benzene rings is 3. The molecule has 0 aliphatic carbocycles. The molecule has 1 aromatic heterocycles. The Morgan fingerprint density at radius 2 is 1.31 bits per heavy atom. The van der Waals surface area contributed by atoms with E-state index in [1.54, 1.807) is 0 Å². The van der Waals surface area contributed by atoms with Gasteiger partial charge in [0, 0.05) is 28.2 Å². The minimum atomic E-state index is 0.382. The highest BCUT2D eigenvalue weighted by Crippen LogP contribution is 2.37. The van der Waals surface area contributed by atoms with E-state index in [2.05, 4.69) is 115 Å². The van der Waals surface area contributed by atoms with Crippen LogP contribution in [0.5, 0.6) is 0 Å². The van der Waals surface area contributed by atoms with Gasteiger partial charge in [0.05, 0.1) is 0 Å². The predicted molar refractivity (Wildman–Crippen MR) is 113 cm³/mol. The fraction of sp³-hybridized carbons (Fsp3) is 0.120. The highest BCUT2D eigenvalue weighted by atomic mass is 15.0. The maximum absolute atomic E-state index is 2.44. The molecule has 0 atom stereocenters. The van der Waals surface area contributed by atoms with Crippen molar-refractivity contribution in [3.8, 4) is 11.1 Å². The third-order valence-corrected chi connectivity index (χ3v) is 4.76. The van der Waals surface area contributed by atoms with E-state index in [1.165, 1.54) is 33.3 Å². The zero-order valence-electron chi connectivity index (χ0n) is 15.3. The average molecular weight is 337 g/mol. The quantitative estimate of drug-likeness (QED) is 0.375. The number of hydrogen-bond acceptors (Lipinski definition) is 0. The van der Waals surface area contributed by atoms with E-state index >= 15 is 0 Å². The van der Waals surface area contributed by atoms with Crippen molar-refractivity contribution in [2.75, 3.05) is 0 Å². The summed E-state index contributed by atoms with van der Waals surface area (Å²) >= 11 is 0. The number of fused-ring (bicyclic) bond motifs is 1. The van der Waals surface area contributed by atoms with Crippen LogP contribution in [0.3, 0.4) is 0 Å². The van der Waals surface area contributed by atoms with Crippen LogP contribution >= 0.6 is 0 Å². The monoisotopic (exact) mass is 337 g/mol. The SMILES string of the molecule is CC(C)n1c(/C=C/c2ccccc2)c(-c2ccccc2)c2ccccc21. The molecule has 1 heterocycles. The van der Waals surface area contributed by atoms with Crippen molar-refractivity contribution in [3.63, 3.8) is 0 Å². The van der Waals surface area contributed by atoms with Gasteiger partial charge >= 0.3 is 0 Å². The summed E-state index contributed by atoms with van der Waals surface area (Å²) in [5.74, 6) is 0. The van der Waals surface area contributed by atoms with Gasteiger partial charge in [-0.05, 0) is 37.1 Å². The van der Waals surface area contributed by atoms with Crippen LogP contribution in [0.15, 0.2) is 84.9 Å². The number of nitrogens with zero attached hydrogens (tertiary/aromatic N) is 1. The molecular formula is C25H23N. The van der Waals surface area contributed by atoms with Crippen LogP contribution < -0.4 is 0 Å². The molecule has 3 aromatic carbocycles. The summed E-state index contributed by atoms with van der Waals surface area (Å²) in [6.07, 6.45) is 4.47. The van der Waals surface area contributed by atoms with E-state index in [-0.39, 0.29) is 0 Å². The standard InChI is InChI=1S/C25H23N/c1-19(2)26-23-16-10-9-15-22(23)25(21-13-7-4-8-14-21)24(26)18-17-20-11-5-3-6-12-20/h3-19H,1-2H3/b18-17+. The summed E-state index contributed by atoms with van der Waals surface area (Å²) in [5, 5.41) is 1.31. The first-order chi connectivity index (χ1) is 12.8. The Morgan fingerprint density at radius 1 is 0.692 bits per heavy atom. The summed E-state index contributed by atoms with van der Waals surface area (Å²) in [6, 6.07) is 30.3. The summed E-state index contributed by atoms with van der Waals surface area (Å²) in [7, 11) is 0. The van der Waals surface area contributed by atoms with Gasteiger partial charge < -0.3 is 4.57 Å². The van der Waals surface area contributed by atoms with Crippen LogP contribution in [-0.2, 0) is 0 Å². The van der Waals surface area contributed by atoms with Gasteiger partial charge in [-0.3, -0.25) is 0 Å². The molecule has 0 spiro atoms. The second-order valence-corrected chi connectivity index (χ2v) is 6.85. The first kappa shape index (κ1) is 16.4. The van der Waals surface area contributed by atoms with E-state index in [0.717, 1.165) is 0 Å². The minimum Gasteiger partial charge on any atom is -0.338 e. The molecule has 0 unspecified atom stereocenters. The predicted octanol–water partition coefficient (Wildman–Crippen LogP) is 7.06. The first-order valence-corrected chi connectivity index (χ1v) is 9.17. The average Bonchev–Trinajstić information content (AvgIpc) is 3.02. The Labute approximate surface area is 155 Å². The third-order valence-electron chi connectivity index (χ3n) is 4.76. The summed E-state index contributed by atoms with van der Waals surface area (Å²) in [5.41, 5.74) is 6.33. The molecule has 1 heteroatoms. The third kappa shape index (κ3) is 2.97. The largest absolute Gasteiger partial charge is 0.338 e. The lowest BCUT2D eigenvalue weighted by Crippen LogP contribution is -2.02. The van der Waals surface area contributed by atoms with E-state index < -0.39 is 0 Å². The molecule has 0 aliphatic rings. The molecule has 0 aliphatic heterocycles. The number of rotatable bonds is 4. The molecule has 0 N–H and O–H groups in total.